The first-order chi connectivity index (χ1) is 18.5. The van der Waals surface area contributed by atoms with Crippen LogP contribution in [0.15, 0.2) is 91.6 Å². The van der Waals surface area contributed by atoms with Gasteiger partial charge in [0.2, 0.25) is 0 Å². The number of carbonyl (C=O) groups is 1. The molecular formula is C32H33N5O. The van der Waals surface area contributed by atoms with E-state index in [0.29, 0.717) is 6.54 Å². The average Bonchev–Trinajstić information content (AvgIpc) is 3.56. The van der Waals surface area contributed by atoms with Crippen LogP contribution in [0.3, 0.4) is 0 Å². The van der Waals surface area contributed by atoms with Crippen molar-refractivity contribution in [3.8, 4) is 11.1 Å². The summed E-state index contributed by atoms with van der Waals surface area (Å²) in [5.74, 6) is 0.105. The van der Waals surface area contributed by atoms with Gasteiger partial charge >= 0.3 is 0 Å². The third-order valence-corrected chi connectivity index (χ3v) is 7.60. The Morgan fingerprint density at radius 1 is 0.842 bits per heavy atom. The van der Waals surface area contributed by atoms with Crippen molar-refractivity contribution in [2.45, 2.75) is 20.0 Å². The van der Waals surface area contributed by atoms with E-state index in [1.807, 2.05) is 23.6 Å². The molecule has 5 aromatic rings. The number of fused-ring (bicyclic) bond motifs is 1. The van der Waals surface area contributed by atoms with Crippen molar-refractivity contribution in [3.05, 3.63) is 114 Å². The SMILES string of the molecule is Cc1ccc(Cn2cncc2Cn2cc(C(=O)N3CCN(C)CC3)c(-c3cccc4ccccc34)c2)cc1. The standard InChI is InChI=1S/C32H33N5O/c1-24-10-12-25(13-11-24)19-37-23-33-18-27(37)20-35-21-30(29-9-5-7-26-6-3-4-8-28(26)29)31(22-35)32(38)36-16-14-34(2)15-17-36/h3-13,18,21-23H,14-17,19-20H2,1-2H3. The van der Waals surface area contributed by atoms with Gasteiger partial charge in [0.1, 0.15) is 0 Å². The predicted octanol–water partition coefficient (Wildman–Crippen LogP) is 5.30. The minimum atomic E-state index is 0.105. The van der Waals surface area contributed by atoms with Gasteiger partial charge in [0.05, 0.1) is 24.1 Å². The summed E-state index contributed by atoms with van der Waals surface area (Å²) in [7, 11) is 2.11. The Morgan fingerprint density at radius 2 is 1.61 bits per heavy atom. The number of nitrogens with zero attached hydrogens (tertiary/aromatic N) is 5. The van der Waals surface area contributed by atoms with Gasteiger partial charge in [-0.25, -0.2) is 4.98 Å². The maximum Gasteiger partial charge on any atom is 0.256 e. The van der Waals surface area contributed by atoms with E-state index in [0.717, 1.165) is 60.5 Å². The summed E-state index contributed by atoms with van der Waals surface area (Å²) in [6.07, 6.45) is 7.98. The Balaban J connectivity index is 1.36. The van der Waals surface area contributed by atoms with E-state index in [9.17, 15) is 4.79 Å². The molecule has 1 saturated heterocycles. The molecule has 0 atom stereocenters. The molecule has 1 aliphatic rings. The average molecular weight is 504 g/mol. The number of benzene rings is 3. The lowest BCUT2D eigenvalue weighted by Crippen LogP contribution is -2.47. The quantitative estimate of drug-likeness (QED) is 0.316. The van der Waals surface area contributed by atoms with Gasteiger partial charge in [0, 0.05) is 56.9 Å². The minimum absolute atomic E-state index is 0.105. The first-order valence-electron chi connectivity index (χ1n) is 13.3. The van der Waals surface area contributed by atoms with Crippen molar-refractivity contribution >= 4 is 16.7 Å². The van der Waals surface area contributed by atoms with Gasteiger partial charge in [-0.2, -0.15) is 0 Å². The van der Waals surface area contributed by atoms with Crippen molar-refractivity contribution in [1.29, 1.82) is 0 Å². The highest BCUT2D eigenvalue weighted by molar-refractivity contribution is 6.06. The van der Waals surface area contributed by atoms with E-state index in [1.54, 1.807) is 0 Å². The molecule has 6 nitrogen and oxygen atoms in total. The normalized spacial score (nSPS) is 14.3. The third-order valence-electron chi connectivity index (χ3n) is 7.60. The van der Waals surface area contributed by atoms with E-state index in [1.165, 1.54) is 16.5 Å². The molecule has 0 aliphatic carbocycles. The lowest BCUT2D eigenvalue weighted by atomic mass is 9.97. The van der Waals surface area contributed by atoms with Crippen LogP contribution in [-0.4, -0.2) is 63.1 Å². The van der Waals surface area contributed by atoms with E-state index < -0.39 is 0 Å². The van der Waals surface area contributed by atoms with E-state index in [2.05, 4.69) is 106 Å². The molecule has 0 bridgehead atoms. The number of amides is 1. The summed E-state index contributed by atoms with van der Waals surface area (Å²) in [6.45, 7) is 6.80. The van der Waals surface area contributed by atoms with Crippen LogP contribution in [0.5, 0.6) is 0 Å². The number of hydrogen-bond acceptors (Lipinski definition) is 3. The Kier molecular flexibility index (Phi) is 6.56. The van der Waals surface area contributed by atoms with Crippen molar-refractivity contribution in [1.82, 2.24) is 23.9 Å². The number of likely N-dealkylation sites (N-methyl/N-ethyl adjacent to an activating group) is 1. The minimum Gasteiger partial charge on any atom is -0.347 e. The zero-order valence-electron chi connectivity index (χ0n) is 22.0. The van der Waals surface area contributed by atoms with Crippen molar-refractivity contribution < 1.29 is 4.79 Å². The molecule has 1 aliphatic heterocycles. The van der Waals surface area contributed by atoms with Gasteiger partial charge in [-0.05, 0) is 35.9 Å². The first-order valence-corrected chi connectivity index (χ1v) is 13.3. The fourth-order valence-corrected chi connectivity index (χ4v) is 5.32. The lowest BCUT2D eigenvalue weighted by Gasteiger charge is -2.32. The number of hydrogen-bond donors (Lipinski definition) is 0. The van der Waals surface area contributed by atoms with Crippen LogP contribution in [0.2, 0.25) is 0 Å². The molecule has 3 aromatic carbocycles. The zero-order chi connectivity index (χ0) is 26.1. The molecule has 0 N–H and O–H groups in total. The molecule has 0 unspecified atom stereocenters. The van der Waals surface area contributed by atoms with Crippen LogP contribution >= 0.6 is 0 Å². The first kappa shape index (κ1) is 24.2. The van der Waals surface area contributed by atoms with Crippen LogP contribution in [0.25, 0.3) is 21.9 Å². The smallest absolute Gasteiger partial charge is 0.256 e. The van der Waals surface area contributed by atoms with Crippen molar-refractivity contribution in [3.63, 3.8) is 0 Å². The number of aromatic nitrogens is 3. The van der Waals surface area contributed by atoms with Crippen LogP contribution in [-0.2, 0) is 13.1 Å². The topological polar surface area (TPSA) is 46.3 Å². The molecule has 192 valence electrons. The molecule has 6 heteroatoms. The van der Waals surface area contributed by atoms with Crippen molar-refractivity contribution in [2.75, 3.05) is 33.2 Å². The summed E-state index contributed by atoms with van der Waals surface area (Å²) < 4.78 is 4.33. The highest BCUT2D eigenvalue weighted by Gasteiger charge is 2.25. The van der Waals surface area contributed by atoms with Crippen LogP contribution in [0.1, 0.15) is 27.2 Å². The largest absolute Gasteiger partial charge is 0.347 e. The van der Waals surface area contributed by atoms with E-state index in [-0.39, 0.29) is 5.91 Å². The van der Waals surface area contributed by atoms with Crippen LogP contribution in [0, 0.1) is 6.92 Å². The Morgan fingerprint density at radius 3 is 2.42 bits per heavy atom. The molecular weight excluding hydrogens is 470 g/mol. The van der Waals surface area contributed by atoms with Gasteiger partial charge in [-0.15, -0.1) is 0 Å². The molecule has 38 heavy (non-hydrogen) atoms. The highest BCUT2D eigenvalue weighted by Crippen LogP contribution is 2.33. The Bertz CT molecular complexity index is 1570. The summed E-state index contributed by atoms with van der Waals surface area (Å²) in [4.78, 5) is 22.6. The second-order valence-electron chi connectivity index (χ2n) is 10.4. The number of carbonyl (C=O) groups excluding carboxylic acids is 1. The molecule has 2 aromatic heterocycles. The second kappa shape index (κ2) is 10.3. The maximum atomic E-state index is 13.9. The summed E-state index contributed by atoms with van der Waals surface area (Å²) >= 11 is 0. The molecule has 1 amide bonds. The Hall–Kier alpha value is -4.16. The van der Waals surface area contributed by atoms with Gasteiger partial charge in [0.15, 0.2) is 0 Å². The Labute approximate surface area is 223 Å². The second-order valence-corrected chi connectivity index (χ2v) is 10.4. The molecule has 0 spiro atoms. The fourth-order valence-electron chi connectivity index (χ4n) is 5.32. The summed E-state index contributed by atoms with van der Waals surface area (Å²) in [5, 5.41) is 2.33. The molecule has 0 saturated carbocycles. The molecule has 3 heterocycles. The van der Waals surface area contributed by atoms with Gasteiger partial charge in [0.25, 0.3) is 5.91 Å². The highest BCUT2D eigenvalue weighted by atomic mass is 16.2. The monoisotopic (exact) mass is 503 g/mol. The lowest BCUT2D eigenvalue weighted by molar-refractivity contribution is 0.0665. The van der Waals surface area contributed by atoms with E-state index >= 15 is 0 Å². The maximum absolute atomic E-state index is 13.9. The van der Waals surface area contributed by atoms with Gasteiger partial charge in [-0.3, -0.25) is 4.79 Å². The summed E-state index contributed by atoms with van der Waals surface area (Å²) in [5.41, 5.74) is 6.43. The molecule has 1 fully saturated rings. The molecule has 0 radical (unpaired) electrons. The van der Waals surface area contributed by atoms with E-state index in [4.69, 9.17) is 0 Å². The third kappa shape index (κ3) is 4.87. The number of aryl methyl sites for hydroxylation is 1. The van der Waals surface area contributed by atoms with Crippen LogP contribution < -0.4 is 0 Å². The zero-order valence-corrected chi connectivity index (χ0v) is 22.0. The summed E-state index contributed by atoms with van der Waals surface area (Å²) in [6, 6.07) is 23.3. The molecule has 6 rings (SSSR count). The van der Waals surface area contributed by atoms with Gasteiger partial charge in [-0.1, -0.05) is 72.3 Å². The fraction of sp³-hybridized carbons (Fsp3) is 0.250. The number of imidazole rings is 1. The predicted molar refractivity (Wildman–Crippen MR) is 152 cm³/mol. The van der Waals surface area contributed by atoms with Gasteiger partial charge < -0.3 is 18.9 Å². The number of rotatable bonds is 6. The number of piperazine rings is 1. The van der Waals surface area contributed by atoms with Crippen LogP contribution in [0.4, 0.5) is 0 Å². The van der Waals surface area contributed by atoms with Crippen molar-refractivity contribution in [2.24, 2.45) is 0 Å².